The molecule has 0 aliphatic carbocycles. The lowest BCUT2D eigenvalue weighted by Gasteiger charge is -2.35. The number of rotatable bonds is 7. The van der Waals surface area contributed by atoms with Crippen LogP contribution in [0.5, 0.6) is 0 Å². The number of β-amino-alcohol motifs (C(OH)–C–C–N with tert-alkyl or cyclic N) is 1. The first-order valence-electron chi connectivity index (χ1n) is 8.52. The third-order valence-electron chi connectivity index (χ3n) is 4.35. The van der Waals surface area contributed by atoms with Gasteiger partial charge in [0, 0.05) is 0 Å². The molecule has 0 saturated carbocycles. The molecule has 0 saturated heterocycles. The number of aliphatic hydroxyl groups is 3. The van der Waals surface area contributed by atoms with Crippen molar-refractivity contribution in [2.45, 2.75) is 18.3 Å². The highest BCUT2D eigenvalue weighted by atomic mass is 35.5. The van der Waals surface area contributed by atoms with Gasteiger partial charge in [-0.25, -0.2) is 9.36 Å². The number of aliphatic hydroxyl groups excluding tert-OH is 3. The normalized spacial score (nSPS) is 16.2. The highest BCUT2D eigenvalue weighted by Gasteiger charge is 2.33. The van der Waals surface area contributed by atoms with Crippen LogP contribution in [-0.2, 0) is 9.09 Å². The summed E-state index contributed by atoms with van der Waals surface area (Å²) >= 11 is 12.1. The molecule has 0 radical (unpaired) electrons. The lowest BCUT2D eigenvalue weighted by atomic mass is 10.1. The summed E-state index contributed by atoms with van der Waals surface area (Å²) in [5, 5.41) is 33.5. The summed E-state index contributed by atoms with van der Waals surface area (Å²) in [6.07, 6.45) is -5.51. The predicted molar refractivity (Wildman–Crippen MR) is 110 cm³/mol. The van der Waals surface area contributed by atoms with Gasteiger partial charge in [0.1, 0.15) is 29.8 Å². The van der Waals surface area contributed by atoms with Crippen LogP contribution in [0.3, 0.4) is 0 Å². The molecule has 3 atom stereocenters. The van der Waals surface area contributed by atoms with E-state index in [2.05, 4.69) is 14.8 Å². The lowest BCUT2D eigenvalue weighted by molar-refractivity contribution is -0.0717. The highest BCUT2D eigenvalue weighted by Crippen LogP contribution is 2.44. The average Bonchev–Trinajstić information content (AvgIpc) is 2.67. The lowest BCUT2D eigenvalue weighted by Crippen LogP contribution is -2.46. The Labute approximate surface area is 183 Å². The fraction of sp³-hybridized carbons (Fsp3) is 0.333. The number of nitrogens with one attached hydrogen (secondary N) is 3. The Morgan fingerprint density at radius 1 is 1.06 bits per heavy atom. The van der Waals surface area contributed by atoms with Crippen molar-refractivity contribution in [3.63, 3.8) is 0 Å². The minimum Gasteiger partial charge on any atom is -0.388 e. The maximum atomic E-state index is 12.2. The van der Waals surface area contributed by atoms with Gasteiger partial charge in [-0.2, -0.15) is 0 Å². The minimum absolute atomic E-state index is 0.0631. The van der Waals surface area contributed by atoms with Gasteiger partial charge in [-0.15, -0.1) is 0 Å². The number of aromatic nitrogens is 2. The second kappa shape index (κ2) is 8.90. The van der Waals surface area contributed by atoms with Crippen LogP contribution in [0.2, 0.25) is 10.0 Å². The summed E-state index contributed by atoms with van der Waals surface area (Å²) in [6.45, 7) is -1.44. The van der Waals surface area contributed by atoms with Gasteiger partial charge in [0.2, 0.25) is 0 Å². The van der Waals surface area contributed by atoms with Crippen LogP contribution >= 0.6 is 31.0 Å². The van der Waals surface area contributed by atoms with E-state index in [4.69, 9.17) is 33.0 Å². The molecule has 13 nitrogen and oxygen atoms in total. The highest BCUT2D eigenvalue weighted by molar-refractivity contribution is 7.46. The number of nitrogens with zero attached hydrogens (tertiary/aromatic N) is 1. The maximum Gasteiger partial charge on any atom is 0.469 e. The van der Waals surface area contributed by atoms with Crippen LogP contribution in [0.1, 0.15) is 0 Å². The Morgan fingerprint density at radius 3 is 2.35 bits per heavy atom. The van der Waals surface area contributed by atoms with E-state index in [0.717, 1.165) is 0 Å². The average molecular weight is 499 g/mol. The molecular formula is C15H17Cl2N4O9P. The predicted octanol–water partition coefficient (Wildman–Crippen LogP) is -0.243. The van der Waals surface area contributed by atoms with E-state index in [1.54, 1.807) is 0 Å². The smallest absolute Gasteiger partial charge is 0.388 e. The van der Waals surface area contributed by atoms with Gasteiger partial charge in [-0.3, -0.25) is 19.3 Å². The molecule has 1 aromatic carbocycles. The first-order valence-corrected chi connectivity index (χ1v) is 10.8. The fourth-order valence-electron chi connectivity index (χ4n) is 2.92. The molecule has 0 bridgehead atoms. The van der Waals surface area contributed by atoms with Crippen molar-refractivity contribution in [2.75, 3.05) is 23.4 Å². The summed E-state index contributed by atoms with van der Waals surface area (Å²) in [6, 6.07) is 2.80. The molecule has 1 aliphatic rings. The Hall–Kier alpha value is -1.93. The van der Waals surface area contributed by atoms with Gasteiger partial charge >= 0.3 is 13.5 Å². The topological polar surface area (TPSA) is 208 Å². The second-order valence-electron chi connectivity index (χ2n) is 6.56. The zero-order valence-electron chi connectivity index (χ0n) is 15.3. The van der Waals surface area contributed by atoms with Gasteiger partial charge in [-0.1, -0.05) is 23.2 Å². The molecule has 0 amide bonds. The van der Waals surface area contributed by atoms with Crippen LogP contribution in [-0.4, -0.2) is 66.5 Å². The van der Waals surface area contributed by atoms with E-state index in [9.17, 15) is 29.5 Å². The molecule has 31 heavy (non-hydrogen) atoms. The quantitative estimate of drug-likeness (QED) is 0.233. The van der Waals surface area contributed by atoms with E-state index in [0.29, 0.717) is 5.69 Å². The van der Waals surface area contributed by atoms with E-state index in [1.807, 2.05) is 4.98 Å². The van der Waals surface area contributed by atoms with E-state index in [-0.39, 0.29) is 27.2 Å². The van der Waals surface area contributed by atoms with Crippen molar-refractivity contribution in [3.05, 3.63) is 43.0 Å². The second-order valence-corrected chi connectivity index (χ2v) is 8.62. The first-order chi connectivity index (χ1) is 14.4. The third-order valence-corrected chi connectivity index (χ3v) is 5.56. The van der Waals surface area contributed by atoms with Crippen molar-refractivity contribution in [2.24, 2.45) is 0 Å². The number of anilines is 4. The number of aromatic amines is 2. The molecule has 1 aromatic heterocycles. The molecule has 8 N–H and O–H groups in total. The molecule has 2 aromatic rings. The van der Waals surface area contributed by atoms with Crippen molar-refractivity contribution >= 4 is 53.9 Å². The SMILES string of the molecule is O=c1[nH]c2c(c(=O)[nH]1)Nc1cc(Cl)c(Cl)cc1N2C[C@H](O)[C@H](O)[C@H](O)COP(=O)(O)O. The standard InChI is InChI=1S/C15H17Cl2N4O9P/c16-5-1-7-8(2-6(5)17)21(13-11(18-7)14(25)20-15(26)19-13)3-9(22)12(24)10(23)4-30-31(27,28)29/h1-2,9-10,12,18,22-24H,3-4H2,(H2,27,28,29)(H2,19,20,25,26)/t9-,10+,12-/m0/s1. The summed E-state index contributed by atoms with van der Waals surface area (Å²) < 4.78 is 14.9. The number of hydrogen-bond acceptors (Lipinski definition) is 9. The van der Waals surface area contributed by atoms with Crippen LogP contribution in [0.15, 0.2) is 21.7 Å². The number of hydrogen-bond donors (Lipinski definition) is 8. The Bertz CT molecular complexity index is 1150. The number of H-pyrrole nitrogens is 2. The Kier molecular flexibility index (Phi) is 6.81. The molecule has 0 unspecified atom stereocenters. The van der Waals surface area contributed by atoms with Crippen molar-refractivity contribution in [1.82, 2.24) is 9.97 Å². The number of halogens is 2. The number of fused-ring (bicyclic) bond motifs is 2. The van der Waals surface area contributed by atoms with E-state index < -0.39 is 50.5 Å². The summed E-state index contributed by atoms with van der Waals surface area (Å²) in [5.74, 6) is -0.0631. The van der Waals surface area contributed by atoms with Crippen molar-refractivity contribution in [1.29, 1.82) is 0 Å². The summed E-state index contributed by atoms with van der Waals surface area (Å²) in [4.78, 5) is 47.1. The number of benzene rings is 1. The molecule has 16 heteroatoms. The Morgan fingerprint density at radius 2 is 1.71 bits per heavy atom. The zero-order valence-corrected chi connectivity index (χ0v) is 17.7. The molecule has 3 rings (SSSR count). The van der Waals surface area contributed by atoms with Gasteiger partial charge in [0.25, 0.3) is 5.56 Å². The molecular weight excluding hydrogens is 482 g/mol. The number of phosphoric ester groups is 1. The van der Waals surface area contributed by atoms with E-state index in [1.165, 1.54) is 17.0 Å². The van der Waals surface area contributed by atoms with E-state index >= 15 is 0 Å². The third kappa shape index (κ3) is 5.29. The van der Waals surface area contributed by atoms with Crippen LogP contribution in [0, 0.1) is 0 Å². The fourth-order valence-corrected chi connectivity index (χ4v) is 3.59. The van der Waals surface area contributed by atoms with Gasteiger partial charge in [0.15, 0.2) is 0 Å². The first kappa shape index (κ1) is 23.7. The van der Waals surface area contributed by atoms with Crippen molar-refractivity contribution < 1.29 is 34.2 Å². The minimum atomic E-state index is -4.91. The number of phosphoric acid groups is 1. The Balaban J connectivity index is 1.95. The van der Waals surface area contributed by atoms with Crippen LogP contribution in [0.4, 0.5) is 22.9 Å². The van der Waals surface area contributed by atoms with Gasteiger partial charge in [-0.05, 0) is 12.1 Å². The van der Waals surface area contributed by atoms with Gasteiger partial charge < -0.3 is 35.3 Å². The summed E-state index contributed by atoms with van der Waals surface area (Å²) in [7, 11) is -4.91. The van der Waals surface area contributed by atoms with Crippen LogP contribution < -0.4 is 21.5 Å². The molecule has 2 heterocycles. The molecule has 170 valence electrons. The summed E-state index contributed by atoms with van der Waals surface area (Å²) in [5.41, 5.74) is -1.13. The largest absolute Gasteiger partial charge is 0.469 e. The van der Waals surface area contributed by atoms with Crippen molar-refractivity contribution in [3.8, 4) is 0 Å². The molecule has 1 aliphatic heterocycles. The zero-order chi connectivity index (χ0) is 23.1. The molecule has 0 fully saturated rings. The van der Waals surface area contributed by atoms with Crippen LogP contribution in [0.25, 0.3) is 0 Å². The monoisotopic (exact) mass is 498 g/mol. The molecule has 0 spiro atoms. The van der Waals surface area contributed by atoms with Gasteiger partial charge in [0.05, 0.1) is 34.6 Å². The maximum absolute atomic E-state index is 12.2.